The standard InChI is InChI=1S/C21H20F9NO3S/c1-33-16(32)12-4-14(5-12)31-9-17(10-31)7-11-2-3-15(6-13(11)8-17)34-35-21(29,30)19(24,25)18(22,23)20(26,27)28/h2-3,6,12,14H,4-5,7-10H2,1H3. The zero-order valence-electron chi connectivity index (χ0n) is 18.1. The van der Waals surface area contributed by atoms with Gasteiger partial charge >= 0.3 is 29.2 Å². The highest BCUT2D eigenvalue weighted by molar-refractivity contribution is 7.96. The second-order valence-corrected chi connectivity index (χ2v) is 10.2. The van der Waals surface area contributed by atoms with Gasteiger partial charge in [-0.25, -0.2) is 0 Å². The Morgan fingerprint density at radius 1 is 0.971 bits per heavy atom. The number of ether oxygens (including phenoxy) is 1. The van der Waals surface area contributed by atoms with Crippen LogP contribution in [0.3, 0.4) is 0 Å². The van der Waals surface area contributed by atoms with Gasteiger partial charge in [0, 0.05) is 24.5 Å². The highest BCUT2D eigenvalue weighted by Crippen LogP contribution is 2.57. The summed E-state index contributed by atoms with van der Waals surface area (Å²) >= 11 is -1.44. The quantitative estimate of drug-likeness (QED) is 0.261. The molecule has 35 heavy (non-hydrogen) atoms. The van der Waals surface area contributed by atoms with Crippen LogP contribution in [0.1, 0.15) is 24.0 Å². The van der Waals surface area contributed by atoms with Crippen molar-refractivity contribution in [3.63, 3.8) is 0 Å². The van der Waals surface area contributed by atoms with Crippen LogP contribution in [0.4, 0.5) is 39.5 Å². The van der Waals surface area contributed by atoms with Crippen LogP contribution < -0.4 is 4.18 Å². The van der Waals surface area contributed by atoms with E-state index in [9.17, 15) is 44.3 Å². The van der Waals surface area contributed by atoms with Gasteiger partial charge in [-0.05, 0) is 48.9 Å². The van der Waals surface area contributed by atoms with Crippen molar-refractivity contribution < 1.29 is 53.2 Å². The van der Waals surface area contributed by atoms with Crippen molar-refractivity contribution in [1.82, 2.24) is 4.90 Å². The Morgan fingerprint density at radius 2 is 1.57 bits per heavy atom. The van der Waals surface area contributed by atoms with E-state index in [0.29, 0.717) is 31.2 Å². The summed E-state index contributed by atoms with van der Waals surface area (Å²) in [5.41, 5.74) is 1.46. The fourth-order valence-corrected chi connectivity index (χ4v) is 5.45. The van der Waals surface area contributed by atoms with Crippen LogP contribution in [0.5, 0.6) is 5.75 Å². The first kappa shape index (κ1) is 26.2. The van der Waals surface area contributed by atoms with Crippen molar-refractivity contribution in [1.29, 1.82) is 0 Å². The molecule has 1 aromatic rings. The first-order valence-electron chi connectivity index (χ1n) is 10.5. The molecule has 0 N–H and O–H groups in total. The lowest BCUT2D eigenvalue weighted by Gasteiger charge is -2.55. The fraction of sp³-hybridized carbons (Fsp3) is 0.667. The van der Waals surface area contributed by atoms with E-state index >= 15 is 0 Å². The summed E-state index contributed by atoms with van der Waals surface area (Å²) in [7, 11) is 1.34. The Balaban J connectivity index is 1.34. The van der Waals surface area contributed by atoms with Crippen molar-refractivity contribution >= 4 is 18.0 Å². The predicted molar refractivity (Wildman–Crippen MR) is 105 cm³/mol. The predicted octanol–water partition coefficient (Wildman–Crippen LogP) is 5.49. The second-order valence-electron chi connectivity index (χ2n) is 9.36. The maximum atomic E-state index is 13.7. The van der Waals surface area contributed by atoms with E-state index in [1.165, 1.54) is 25.3 Å². The molecular formula is C21H20F9NO3S. The molecule has 3 aliphatic rings. The molecular weight excluding hydrogens is 517 g/mol. The number of nitrogens with zero attached hydrogens (tertiary/aromatic N) is 1. The van der Waals surface area contributed by atoms with Crippen molar-refractivity contribution in [3.05, 3.63) is 29.3 Å². The first-order chi connectivity index (χ1) is 16.0. The normalized spacial score (nSPS) is 24.5. The molecule has 0 aromatic heterocycles. The lowest BCUT2D eigenvalue weighted by Crippen LogP contribution is -2.63. The highest BCUT2D eigenvalue weighted by atomic mass is 32.2. The van der Waals surface area contributed by atoms with E-state index in [2.05, 4.69) is 9.08 Å². The Bertz CT molecular complexity index is 989. The van der Waals surface area contributed by atoms with Crippen LogP contribution >= 0.6 is 12.0 Å². The lowest BCUT2D eigenvalue weighted by molar-refractivity contribution is -0.381. The Labute approximate surface area is 198 Å². The smallest absolute Gasteiger partial charge is 0.460 e. The van der Waals surface area contributed by atoms with Gasteiger partial charge in [0.15, 0.2) is 0 Å². The van der Waals surface area contributed by atoms with Crippen LogP contribution in [0.2, 0.25) is 0 Å². The number of benzene rings is 1. The molecule has 1 spiro atoms. The number of carbonyl (C=O) groups is 1. The zero-order valence-corrected chi connectivity index (χ0v) is 18.9. The third kappa shape index (κ3) is 4.34. The van der Waals surface area contributed by atoms with Gasteiger partial charge < -0.3 is 8.92 Å². The minimum absolute atomic E-state index is 0.110. The van der Waals surface area contributed by atoms with Crippen molar-refractivity contribution in [2.24, 2.45) is 11.3 Å². The number of esters is 1. The summed E-state index contributed by atoms with van der Waals surface area (Å²) in [6.45, 7) is 1.48. The number of likely N-dealkylation sites (tertiary alicyclic amines) is 1. The Morgan fingerprint density at radius 3 is 2.14 bits per heavy atom. The first-order valence-corrected chi connectivity index (χ1v) is 11.3. The minimum atomic E-state index is -6.96. The molecule has 1 aliphatic heterocycles. The van der Waals surface area contributed by atoms with Gasteiger partial charge in [-0.2, -0.15) is 39.5 Å². The minimum Gasteiger partial charge on any atom is -0.469 e. The van der Waals surface area contributed by atoms with Gasteiger partial charge in [0.2, 0.25) is 0 Å². The average Bonchev–Trinajstić information content (AvgIpc) is 3.08. The van der Waals surface area contributed by atoms with E-state index in [0.717, 1.165) is 18.7 Å². The number of hydrogen-bond acceptors (Lipinski definition) is 5. The molecule has 2 fully saturated rings. The molecule has 0 unspecified atom stereocenters. The van der Waals surface area contributed by atoms with Crippen LogP contribution in [0.25, 0.3) is 0 Å². The van der Waals surface area contributed by atoms with Gasteiger partial charge in [-0.1, -0.05) is 6.07 Å². The molecule has 0 amide bonds. The highest BCUT2D eigenvalue weighted by Gasteiger charge is 2.82. The number of alkyl halides is 9. The maximum Gasteiger partial charge on any atom is 0.460 e. The molecule has 1 aromatic carbocycles. The van der Waals surface area contributed by atoms with Gasteiger partial charge in [-0.15, -0.1) is 0 Å². The molecule has 4 nitrogen and oxygen atoms in total. The Kier molecular flexibility index (Phi) is 6.26. The molecule has 1 heterocycles. The molecule has 0 radical (unpaired) electrons. The summed E-state index contributed by atoms with van der Waals surface area (Å²) in [5, 5.41) is -5.87. The molecule has 2 aliphatic carbocycles. The monoisotopic (exact) mass is 537 g/mol. The summed E-state index contributed by atoms with van der Waals surface area (Å²) in [5.74, 6) is -14.4. The summed E-state index contributed by atoms with van der Waals surface area (Å²) in [6, 6.07) is 4.26. The number of methoxy groups -OCH3 is 1. The van der Waals surface area contributed by atoms with E-state index in [1.54, 1.807) is 0 Å². The van der Waals surface area contributed by atoms with Crippen LogP contribution in [0.15, 0.2) is 18.2 Å². The number of carbonyl (C=O) groups excluding carboxylic acids is 1. The molecule has 0 bridgehead atoms. The van der Waals surface area contributed by atoms with Crippen molar-refractivity contribution in [2.75, 3.05) is 20.2 Å². The van der Waals surface area contributed by atoms with E-state index in [-0.39, 0.29) is 29.1 Å². The molecule has 0 atom stereocenters. The number of halogens is 9. The number of fused-ring (bicyclic) bond motifs is 1. The third-order valence-electron chi connectivity index (χ3n) is 6.91. The topological polar surface area (TPSA) is 38.8 Å². The number of rotatable bonds is 7. The molecule has 1 saturated heterocycles. The van der Waals surface area contributed by atoms with Gasteiger partial charge in [0.1, 0.15) is 17.8 Å². The second kappa shape index (κ2) is 8.35. The summed E-state index contributed by atoms with van der Waals surface area (Å²) in [4.78, 5) is 13.8. The summed E-state index contributed by atoms with van der Waals surface area (Å²) in [6.07, 6.45) is -4.26. The summed E-state index contributed by atoms with van der Waals surface area (Å²) < 4.78 is 126. The molecule has 4 rings (SSSR count). The Hall–Kier alpha value is -1.83. The van der Waals surface area contributed by atoms with Crippen LogP contribution in [0, 0.1) is 11.3 Å². The molecule has 14 heteroatoms. The fourth-order valence-electron chi connectivity index (χ4n) is 4.92. The van der Waals surface area contributed by atoms with Crippen LogP contribution in [-0.4, -0.2) is 60.4 Å². The third-order valence-corrected chi connectivity index (χ3v) is 7.65. The van der Waals surface area contributed by atoms with Gasteiger partial charge in [0.25, 0.3) is 0 Å². The molecule has 1 saturated carbocycles. The van der Waals surface area contributed by atoms with Crippen molar-refractivity contribution in [3.8, 4) is 5.75 Å². The zero-order chi connectivity index (χ0) is 26.0. The molecule has 196 valence electrons. The van der Waals surface area contributed by atoms with Gasteiger partial charge in [-0.3, -0.25) is 9.69 Å². The SMILES string of the molecule is COC(=O)C1CC(N2CC3(Cc4ccc(OSC(F)(F)C(F)(F)C(F)(F)C(F)(F)F)cc4C3)C2)C1. The lowest BCUT2D eigenvalue weighted by atomic mass is 9.71. The van der Waals surface area contributed by atoms with Crippen molar-refractivity contribution in [2.45, 2.75) is 55.0 Å². The van der Waals surface area contributed by atoms with E-state index in [4.69, 9.17) is 4.74 Å². The van der Waals surface area contributed by atoms with Crippen LogP contribution in [-0.2, 0) is 22.4 Å². The average molecular weight is 537 g/mol. The van der Waals surface area contributed by atoms with Gasteiger partial charge in [0.05, 0.1) is 13.0 Å². The van der Waals surface area contributed by atoms with E-state index in [1.807, 2.05) is 0 Å². The maximum absolute atomic E-state index is 13.7. The number of hydrogen-bond donors (Lipinski definition) is 0. The van der Waals surface area contributed by atoms with E-state index < -0.39 is 35.3 Å². The largest absolute Gasteiger partial charge is 0.469 e.